The molecule has 0 atom stereocenters. The summed E-state index contributed by atoms with van der Waals surface area (Å²) < 4.78 is 4.62. The largest absolute Gasteiger partial charge is 0.399 e. The number of nitrogens with one attached hydrogen (secondary N) is 1. The van der Waals surface area contributed by atoms with Crippen molar-refractivity contribution in [1.82, 2.24) is 10.1 Å². The number of rotatable bonds is 3. The van der Waals surface area contributed by atoms with Gasteiger partial charge in [0.05, 0.1) is 6.54 Å². The van der Waals surface area contributed by atoms with E-state index < -0.39 is 0 Å². The fourth-order valence-corrected chi connectivity index (χ4v) is 1.24. The second-order valence-electron chi connectivity index (χ2n) is 3.27. The van der Waals surface area contributed by atoms with Gasteiger partial charge < -0.3 is 15.6 Å². The first-order valence-electron chi connectivity index (χ1n) is 4.61. The molecular weight excluding hydrogens is 192 g/mol. The molecule has 0 bridgehead atoms. The quantitative estimate of drug-likeness (QED) is 0.742. The molecule has 0 saturated carbocycles. The highest BCUT2D eigenvalue weighted by Crippen LogP contribution is 2.16. The highest BCUT2D eigenvalue weighted by molar-refractivity contribution is 5.56. The van der Waals surface area contributed by atoms with Gasteiger partial charge in [0.2, 0.25) is 6.39 Å². The number of aryl methyl sites for hydroxylation is 1. The minimum atomic E-state index is 0.542. The number of benzene rings is 1. The summed E-state index contributed by atoms with van der Waals surface area (Å²) in [6.07, 6.45) is 1.31. The molecule has 0 spiro atoms. The predicted molar refractivity (Wildman–Crippen MR) is 57.2 cm³/mol. The van der Waals surface area contributed by atoms with Crippen molar-refractivity contribution < 1.29 is 4.52 Å². The summed E-state index contributed by atoms with van der Waals surface area (Å²) in [5, 5.41) is 6.87. The normalized spacial score (nSPS) is 10.2. The number of hydrogen-bond acceptors (Lipinski definition) is 5. The van der Waals surface area contributed by atoms with Gasteiger partial charge in [0.1, 0.15) is 0 Å². The van der Waals surface area contributed by atoms with E-state index in [-0.39, 0.29) is 0 Å². The molecule has 2 aromatic rings. The van der Waals surface area contributed by atoms with Crippen molar-refractivity contribution in [3.05, 3.63) is 36.0 Å². The van der Waals surface area contributed by atoms with Crippen LogP contribution in [-0.2, 0) is 6.54 Å². The van der Waals surface area contributed by atoms with Gasteiger partial charge in [0.25, 0.3) is 0 Å². The predicted octanol–water partition coefficient (Wildman–Crippen LogP) is 1.57. The second kappa shape index (κ2) is 4.00. The third kappa shape index (κ3) is 2.25. The molecule has 5 heteroatoms. The van der Waals surface area contributed by atoms with E-state index in [0.717, 1.165) is 16.9 Å². The fourth-order valence-electron chi connectivity index (χ4n) is 1.24. The standard InChI is InChI=1S/C10H12N4O/c1-7-4-8(2-3-9(7)11)12-5-10-13-6-15-14-10/h2-4,6,12H,5,11H2,1H3. The maximum atomic E-state index is 5.71. The number of nitrogen functional groups attached to an aromatic ring is 1. The van der Waals surface area contributed by atoms with E-state index in [1.165, 1.54) is 6.39 Å². The molecule has 0 aliphatic rings. The summed E-state index contributed by atoms with van der Waals surface area (Å²) in [7, 11) is 0. The first-order valence-corrected chi connectivity index (χ1v) is 4.61. The van der Waals surface area contributed by atoms with E-state index in [1.54, 1.807) is 0 Å². The minimum absolute atomic E-state index is 0.542. The molecule has 5 nitrogen and oxygen atoms in total. The van der Waals surface area contributed by atoms with Gasteiger partial charge in [-0.3, -0.25) is 0 Å². The Morgan fingerprint density at radius 2 is 2.33 bits per heavy atom. The Balaban J connectivity index is 2.02. The van der Waals surface area contributed by atoms with Crippen molar-refractivity contribution in [3.8, 4) is 0 Å². The Hall–Kier alpha value is -2.04. The number of nitrogens with two attached hydrogens (primary N) is 1. The lowest BCUT2D eigenvalue weighted by atomic mass is 10.2. The van der Waals surface area contributed by atoms with Crippen molar-refractivity contribution in [2.75, 3.05) is 11.1 Å². The lowest BCUT2D eigenvalue weighted by Gasteiger charge is -2.06. The maximum Gasteiger partial charge on any atom is 0.213 e. The smallest absolute Gasteiger partial charge is 0.213 e. The molecular formula is C10H12N4O. The lowest BCUT2D eigenvalue weighted by Crippen LogP contribution is -2.01. The van der Waals surface area contributed by atoms with Crippen LogP contribution in [0.25, 0.3) is 0 Å². The molecule has 0 unspecified atom stereocenters. The molecule has 78 valence electrons. The fraction of sp³-hybridized carbons (Fsp3) is 0.200. The van der Waals surface area contributed by atoms with E-state index in [0.29, 0.717) is 12.4 Å². The van der Waals surface area contributed by atoms with Gasteiger partial charge in [0, 0.05) is 11.4 Å². The van der Waals surface area contributed by atoms with Crippen molar-refractivity contribution in [1.29, 1.82) is 0 Å². The van der Waals surface area contributed by atoms with Crippen LogP contribution in [0.2, 0.25) is 0 Å². The summed E-state index contributed by atoms with van der Waals surface area (Å²) in [4.78, 5) is 3.91. The Kier molecular flexibility index (Phi) is 2.53. The average molecular weight is 204 g/mol. The highest BCUT2D eigenvalue weighted by Gasteiger charge is 1.99. The van der Waals surface area contributed by atoms with Crippen LogP contribution in [0.3, 0.4) is 0 Å². The van der Waals surface area contributed by atoms with Crippen LogP contribution in [0.15, 0.2) is 29.1 Å². The lowest BCUT2D eigenvalue weighted by molar-refractivity contribution is 0.411. The van der Waals surface area contributed by atoms with E-state index in [9.17, 15) is 0 Å². The van der Waals surface area contributed by atoms with Crippen LogP contribution in [0, 0.1) is 6.92 Å². The van der Waals surface area contributed by atoms with Gasteiger partial charge >= 0.3 is 0 Å². The Bertz CT molecular complexity index is 439. The number of aromatic nitrogens is 2. The topological polar surface area (TPSA) is 77.0 Å². The Labute approximate surface area is 87.3 Å². The zero-order chi connectivity index (χ0) is 10.7. The van der Waals surface area contributed by atoms with Crippen molar-refractivity contribution >= 4 is 11.4 Å². The molecule has 1 heterocycles. The molecule has 0 aliphatic carbocycles. The number of nitrogens with zero attached hydrogens (tertiary/aromatic N) is 2. The Morgan fingerprint density at radius 3 is 3.00 bits per heavy atom. The van der Waals surface area contributed by atoms with Crippen LogP contribution < -0.4 is 11.1 Å². The SMILES string of the molecule is Cc1cc(NCc2ncon2)ccc1N. The van der Waals surface area contributed by atoms with E-state index in [4.69, 9.17) is 5.73 Å². The summed E-state index contributed by atoms with van der Waals surface area (Å²) >= 11 is 0. The van der Waals surface area contributed by atoms with Crippen LogP contribution in [0.5, 0.6) is 0 Å². The van der Waals surface area contributed by atoms with Crippen molar-refractivity contribution in [2.45, 2.75) is 13.5 Å². The van der Waals surface area contributed by atoms with Gasteiger partial charge in [-0.05, 0) is 30.7 Å². The average Bonchev–Trinajstić information content (AvgIpc) is 2.73. The highest BCUT2D eigenvalue weighted by atomic mass is 16.5. The van der Waals surface area contributed by atoms with Crippen molar-refractivity contribution in [2.24, 2.45) is 0 Å². The third-order valence-corrected chi connectivity index (χ3v) is 2.13. The molecule has 0 radical (unpaired) electrons. The zero-order valence-electron chi connectivity index (χ0n) is 8.40. The van der Waals surface area contributed by atoms with Gasteiger partial charge in [-0.2, -0.15) is 4.98 Å². The molecule has 2 rings (SSSR count). The molecule has 1 aromatic carbocycles. The molecule has 15 heavy (non-hydrogen) atoms. The molecule has 0 fully saturated rings. The number of anilines is 2. The van der Waals surface area contributed by atoms with Crippen LogP contribution in [-0.4, -0.2) is 10.1 Å². The molecule has 3 N–H and O–H groups in total. The second-order valence-corrected chi connectivity index (χ2v) is 3.27. The van der Waals surface area contributed by atoms with Crippen LogP contribution >= 0.6 is 0 Å². The first-order chi connectivity index (χ1) is 7.25. The summed E-state index contributed by atoms with van der Waals surface area (Å²) in [5.41, 5.74) is 8.55. The zero-order valence-corrected chi connectivity index (χ0v) is 8.40. The molecule has 0 aliphatic heterocycles. The van der Waals surface area contributed by atoms with Crippen LogP contribution in [0.4, 0.5) is 11.4 Å². The van der Waals surface area contributed by atoms with Gasteiger partial charge in [-0.15, -0.1) is 0 Å². The maximum absolute atomic E-state index is 5.71. The molecule has 0 saturated heterocycles. The van der Waals surface area contributed by atoms with Gasteiger partial charge in [0.15, 0.2) is 5.82 Å². The number of hydrogen-bond donors (Lipinski definition) is 2. The minimum Gasteiger partial charge on any atom is -0.399 e. The van der Waals surface area contributed by atoms with E-state index in [1.807, 2.05) is 25.1 Å². The summed E-state index contributed by atoms with van der Waals surface area (Å²) in [5.74, 6) is 0.629. The third-order valence-electron chi connectivity index (χ3n) is 2.13. The molecule has 0 amide bonds. The van der Waals surface area contributed by atoms with E-state index in [2.05, 4.69) is 20.0 Å². The summed E-state index contributed by atoms with van der Waals surface area (Å²) in [6.45, 7) is 2.51. The van der Waals surface area contributed by atoms with Gasteiger partial charge in [-0.25, -0.2) is 0 Å². The first kappa shape index (κ1) is 9.51. The van der Waals surface area contributed by atoms with Crippen molar-refractivity contribution in [3.63, 3.8) is 0 Å². The van der Waals surface area contributed by atoms with Gasteiger partial charge in [-0.1, -0.05) is 5.16 Å². The summed E-state index contributed by atoms with van der Waals surface area (Å²) in [6, 6.07) is 5.77. The van der Waals surface area contributed by atoms with E-state index >= 15 is 0 Å². The monoisotopic (exact) mass is 204 g/mol. The molecule has 1 aromatic heterocycles. The van der Waals surface area contributed by atoms with Crippen LogP contribution in [0.1, 0.15) is 11.4 Å². The Morgan fingerprint density at radius 1 is 1.47 bits per heavy atom.